The van der Waals surface area contributed by atoms with Crippen molar-refractivity contribution in [3.63, 3.8) is 0 Å². The van der Waals surface area contributed by atoms with Gasteiger partial charge in [-0.2, -0.15) is 0 Å². The first-order chi connectivity index (χ1) is 11.1. The molecule has 4 nitrogen and oxygen atoms in total. The van der Waals surface area contributed by atoms with Gasteiger partial charge in [0.1, 0.15) is 5.84 Å². The number of hydrogen-bond donors (Lipinski definition) is 2. The summed E-state index contributed by atoms with van der Waals surface area (Å²) in [6.07, 6.45) is 1.03. The largest absolute Gasteiger partial charge is 0.370 e. The minimum Gasteiger partial charge on any atom is -0.370 e. The Bertz CT molecular complexity index is 774. The molecular formula is C17H15Cl2N3O. The molecule has 1 aliphatic rings. The predicted molar refractivity (Wildman–Crippen MR) is 94.9 cm³/mol. The standard InChI is InChI=1S/C17H15Cl2N3O/c18-12-5-6-15(19)14(10-12)17(23)22-13-4-1-3-11(9-13)16-20-7-2-8-21-16/h1,3-6,9-10H,2,7-8H2,(H,20,21)(H,22,23). The van der Waals surface area contributed by atoms with Crippen molar-refractivity contribution >= 4 is 40.6 Å². The Labute approximate surface area is 144 Å². The van der Waals surface area contributed by atoms with Crippen LogP contribution in [0.1, 0.15) is 22.3 Å². The highest BCUT2D eigenvalue weighted by Gasteiger charge is 2.13. The van der Waals surface area contributed by atoms with Crippen LogP contribution < -0.4 is 10.6 Å². The van der Waals surface area contributed by atoms with E-state index in [1.165, 1.54) is 0 Å². The molecule has 2 aromatic rings. The summed E-state index contributed by atoms with van der Waals surface area (Å²) < 4.78 is 0. The zero-order valence-electron chi connectivity index (χ0n) is 12.3. The fourth-order valence-electron chi connectivity index (χ4n) is 2.34. The first-order valence-corrected chi connectivity index (χ1v) is 8.04. The molecule has 1 heterocycles. The van der Waals surface area contributed by atoms with Gasteiger partial charge in [-0.25, -0.2) is 0 Å². The fraction of sp³-hybridized carbons (Fsp3) is 0.176. The van der Waals surface area contributed by atoms with Gasteiger partial charge in [0.2, 0.25) is 0 Å². The molecule has 0 spiro atoms. The Balaban J connectivity index is 1.81. The quantitative estimate of drug-likeness (QED) is 0.881. The Hall–Kier alpha value is -2.04. The van der Waals surface area contributed by atoms with Gasteiger partial charge in [-0.05, 0) is 36.8 Å². The monoisotopic (exact) mass is 347 g/mol. The molecule has 0 saturated carbocycles. The van der Waals surface area contributed by atoms with Crippen LogP contribution in [0.15, 0.2) is 47.5 Å². The van der Waals surface area contributed by atoms with Crippen LogP contribution in [0, 0.1) is 0 Å². The number of nitrogens with zero attached hydrogens (tertiary/aromatic N) is 1. The van der Waals surface area contributed by atoms with E-state index in [4.69, 9.17) is 23.2 Å². The predicted octanol–water partition coefficient (Wildman–Crippen LogP) is 3.99. The third-order valence-electron chi connectivity index (χ3n) is 3.46. The van der Waals surface area contributed by atoms with Gasteiger partial charge in [0, 0.05) is 29.4 Å². The molecular weight excluding hydrogens is 333 g/mol. The van der Waals surface area contributed by atoms with Crippen molar-refractivity contribution in [3.8, 4) is 0 Å². The van der Waals surface area contributed by atoms with Gasteiger partial charge in [-0.15, -0.1) is 0 Å². The highest BCUT2D eigenvalue weighted by Crippen LogP contribution is 2.22. The lowest BCUT2D eigenvalue weighted by molar-refractivity contribution is 0.102. The highest BCUT2D eigenvalue weighted by molar-refractivity contribution is 6.36. The topological polar surface area (TPSA) is 53.5 Å². The van der Waals surface area contributed by atoms with E-state index < -0.39 is 0 Å². The first-order valence-electron chi connectivity index (χ1n) is 7.28. The Morgan fingerprint density at radius 3 is 2.83 bits per heavy atom. The molecule has 2 N–H and O–H groups in total. The van der Waals surface area contributed by atoms with E-state index in [1.807, 2.05) is 24.3 Å². The lowest BCUT2D eigenvalue weighted by Crippen LogP contribution is -2.30. The average molecular weight is 348 g/mol. The first kappa shape index (κ1) is 15.8. The maximum absolute atomic E-state index is 12.4. The SMILES string of the molecule is O=C(Nc1cccc(C2=NCCCN2)c1)c1cc(Cl)ccc1Cl. The van der Waals surface area contributed by atoms with Crippen LogP contribution in [-0.4, -0.2) is 24.8 Å². The van der Waals surface area contributed by atoms with E-state index in [9.17, 15) is 4.79 Å². The normalized spacial score (nSPS) is 13.9. The van der Waals surface area contributed by atoms with E-state index >= 15 is 0 Å². The summed E-state index contributed by atoms with van der Waals surface area (Å²) in [4.78, 5) is 16.8. The van der Waals surface area contributed by atoms with Gasteiger partial charge in [-0.1, -0.05) is 35.3 Å². The third kappa shape index (κ3) is 3.84. The van der Waals surface area contributed by atoms with E-state index in [1.54, 1.807) is 18.2 Å². The molecule has 23 heavy (non-hydrogen) atoms. The van der Waals surface area contributed by atoms with Crippen molar-refractivity contribution in [2.24, 2.45) is 4.99 Å². The Kier molecular flexibility index (Phi) is 4.84. The van der Waals surface area contributed by atoms with Crippen LogP contribution in [-0.2, 0) is 0 Å². The zero-order chi connectivity index (χ0) is 16.2. The molecule has 0 fully saturated rings. The molecule has 0 aromatic heterocycles. The van der Waals surface area contributed by atoms with Crippen molar-refractivity contribution in [2.75, 3.05) is 18.4 Å². The molecule has 6 heteroatoms. The lowest BCUT2D eigenvalue weighted by atomic mass is 10.1. The lowest BCUT2D eigenvalue weighted by Gasteiger charge is -2.15. The second-order valence-electron chi connectivity index (χ2n) is 5.17. The molecule has 2 aromatic carbocycles. The molecule has 0 saturated heterocycles. The molecule has 0 unspecified atom stereocenters. The summed E-state index contributed by atoms with van der Waals surface area (Å²) in [6.45, 7) is 1.73. The molecule has 0 radical (unpaired) electrons. The van der Waals surface area contributed by atoms with Crippen molar-refractivity contribution in [3.05, 3.63) is 63.6 Å². The Morgan fingerprint density at radius 1 is 1.17 bits per heavy atom. The maximum Gasteiger partial charge on any atom is 0.257 e. The van der Waals surface area contributed by atoms with E-state index in [0.717, 1.165) is 30.9 Å². The van der Waals surface area contributed by atoms with Crippen LogP contribution >= 0.6 is 23.2 Å². The van der Waals surface area contributed by atoms with Gasteiger partial charge >= 0.3 is 0 Å². The van der Waals surface area contributed by atoms with Crippen molar-refractivity contribution in [1.29, 1.82) is 0 Å². The fourth-order valence-corrected chi connectivity index (χ4v) is 2.72. The summed E-state index contributed by atoms with van der Waals surface area (Å²) in [5.41, 5.74) is 1.97. The van der Waals surface area contributed by atoms with Crippen LogP contribution in [0.3, 0.4) is 0 Å². The third-order valence-corrected chi connectivity index (χ3v) is 4.03. The van der Waals surface area contributed by atoms with Gasteiger partial charge in [-0.3, -0.25) is 9.79 Å². The van der Waals surface area contributed by atoms with Crippen molar-refractivity contribution in [1.82, 2.24) is 5.32 Å². The van der Waals surface area contributed by atoms with E-state index in [0.29, 0.717) is 21.3 Å². The summed E-state index contributed by atoms with van der Waals surface area (Å²) in [6, 6.07) is 12.3. The number of rotatable bonds is 3. The van der Waals surface area contributed by atoms with Crippen LogP contribution in [0.4, 0.5) is 5.69 Å². The number of hydrogen-bond acceptors (Lipinski definition) is 3. The molecule has 1 aliphatic heterocycles. The average Bonchev–Trinajstić information content (AvgIpc) is 2.58. The van der Waals surface area contributed by atoms with Crippen molar-refractivity contribution < 1.29 is 4.79 Å². The van der Waals surface area contributed by atoms with Gasteiger partial charge in [0.25, 0.3) is 5.91 Å². The van der Waals surface area contributed by atoms with Gasteiger partial charge in [0.15, 0.2) is 0 Å². The van der Waals surface area contributed by atoms with E-state index in [-0.39, 0.29) is 5.91 Å². The molecule has 118 valence electrons. The second-order valence-corrected chi connectivity index (χ2v) is 6.01. The number of anilines is 1. The smallest absolute Gasteiger partial charge is 0.257 e. The van der Waals surface area contributed by atoms with Crippen molar-refractivity contribution in [2.45, 2.75) is 6.42 Å². The summed E-state index contributed by atoms with van der Waals surface area (Å²) in [5, 5.41) is 6.93. The second kappa shape index (κ2) is 7.02. The number of halogens is 2. The number of carbonyl (C=O) groups is 1. The van der Waals surface area contributed by atoms with Gasteiger partial charge in [0.05, 0.1) is 10.6 Å². The minimum absolute atomic E-state index is 0.298. The summed E-state index contributed by atoms with van der Waals surface area (Å²) in [5.74, 6) is 0.557. The number of amides is 1. The zero-order valence-corrected chi connectivity index (χ0v) is 13.8. The Morgan fingerprint density at radius 2 is 2.04 bits per heavy atom. The van der Waals surface area contributed by atoms with Crippen LogP contribution in [0.5, 0.6) is 0 Å². The van der Waals surface area contributed by atoms with Crippen LogP contribution in [0.25, 0.3) is 0 Å². The number of benzene rings is 2. The molecule has 3 rings (SSSR count). The molecule has 0 atom stereocenters. The maximum atomic E-state index is 12.4. The number of nitrogens with one attached hydrogen (secondary N) is 2. The highest BCUT2D eigenvalue weighted by atomic mass is 35.5. The van der Waals surface area contributed by atoms with Gasteiger partial charge < -0.3 is 10.6 Å². The number of amidine groups is 1. The number of aliphatic imine (C=N–C) groups is 1. The van der Waals surface area contributed by atoms with E-state index in [2.05, 4.69) is 15.6 Å². The molecule has 1 amide bonds. The summed E-state index contributed by atoms with van der Waals surface area (Å²) in [7, 11) is 0. The minimum atomic E-state index is -0.298. The summed E-state index contributed by atoms with van der Waals surface area (Å²) >= 11 is 12.0. The molecule has 0 aliphatic carbocycles. The number of carbonyl (C=O) groups excluding carboxylic acids is 1. The molecule has 0 bridgehead atoms. The van der Waals surface area contributed by atoms with Crippen LogP contribution in [0.2, 0.25) is 10.0 Å².